The first-order chi connectivity index (χ1) is 8.06. The van der Waals surface area contributed by atoms with Gasteiger partial charge in [0.15, 0.2) is 0 Å². The van der Waals surface area contributed by atoms with E-state index in [1.54, 1.807) is 0 Å². The third-order valence-corrected chi connectivity index (χ3v) is 21.4. The van der Waals surface area contributed by atoms with Gasteiger partial charge in [-0.2, -0.15) is 0 Å². The average Bonchev–Trinajstić information content (AvgIpc) is 2.36. The number of rotatable bonds is 5. The summed E-state index contributed by atoms with van der Waals surface area (Å²) in [5.74, 6) is -0.115. The van der Waals surface area contributed by atoms with Crippen LogP contribution in [0.25, 0.3) is 0 Å². The molecule has 0 amide bonds. The molecular weight excluding hydrogens is 522 g/mol. The second kappa shape index (κ2) is 7.06. The fourth-order valence-corrected chi connectivity index (χ4v) is 11.9. The molecule has 1 aromatic carbocycles. The van der Waals surface area contributed by atoms with Gasteiger partial charge in [0.1, 0.15) is 0 Å². The van der Waals surface area contributed by atoms with Gasteiger partial charge in [-0.3, -0.25) is 0 Å². The molecule has 0 unspecified atom stereocenters. The zero-order valence-corrected chi connectivity index (χ0v) is 16.7. The van der Waals surface area contributed by atoms with Gasteiger partial charge in [-0.25, -0.2) is 0 Å². The fraction of sp³-hybridized carbons (Fsp3) is 0.462. The second-order valence-electron chi connectivity index (χ2n) is 4.14. The number of halogens is 1. The second-order valence-corrected chi connectivity index (χ2v) is 23.6. The summed E-state index contributed by atoms with van der Waals surface area (Å²) in [5.41, 5.74) is 0.691. The van der Waals surface area contributed by atoms with Gasteiger partial charge < -0.3 is 0 Å². The zero-order valence-electron chi connectivity index (χ0n) is 10.6. The van der Waals surface area contributed by atoms with Crippen LogP contribution in [0.1, 0.15) is 31.1 Å². The van der Waals surface area contributed by atoms with E-state index in [2.05, 4.69) is 43.4 Å². The zero-order chi connectivity index (χ0) is 12.9. The standard InChI is InChI=1S/C7H5IO2.3C2H5.Pb/c8-6-3-1-2-5(4-6)7(9)10;3*1-2;/h1-4H,(H,9,10);3*1H2,2H3;/q;;;;+1/p-1. The van der Waals surface area contributed by atoms with Crippen molar-refractivity contribution in [2.24, 2.45) is 0 Å². The van der Waals surface area contributed by atoms with Gasteiger partial charge in [-0.1, -0.05) is 0 Å². The number of hydrogen-bond donors (Lipinski definition) is 0. The first-order valence-electron chi connectivity index (χ1n) is 6.05. The maximum absolute atomic E-state index is 12.1. The summed E-state index contributed by atoms with van der Waals surface area (Å²) in [5, 5.41) is 0. The molecular formula is C13H19IO2Pb. The summed E-state index contributed by atoms with van der Waals surface area (Å²) in [6, 6.07) is 7.61. The number of benzene rings is 1. The first kappa shape index (κ1) is 15.4. The Balaban J connectivity index is 2.84. The summed E-state index contributed by atoms with van der Waals surface area (Å²) in [6.45, 7) is 6.49. The van der Waals surface area contributed by atoms with Crippen LogP contribution in [-0.4, -0.2) is 27.6 Å². The SMILES string of the molecule is C[CH2][Pb]([CH2]C)([CH2]C)[O]C(=O)c1cccc(I)c1. The van der Waals surface area contributed by atoms with Gasteiger partial charge in [-0.15, -0.1) is 0 Å². The first-order valence-corrected chi connectivity index (χ1v) is 17.0. The van der Waals surface area contributed by atoms with Gasteiger partial charge in [0, 0.05) is 0 Å². The summed E-state index contributed by atoms with van der Waals surface area (Å²) in [4.78, 5) is 12.1. The van der Waals surface area contributed by atoms with E-state index in [1.165, 1.54) is 0 Å². The van der Waals surface area contributed by atoms with Crippen LogP contribution < -0.4 is 0 Å². The van der Waals surface area contributed by atoms with E-state index >= 15 is 0 Å². The normalized spacial score (nSPS) is 11.3. The minimum absolute atomic E-state index is 0.115. The maximum atomic E-state index is 12.1. The topological polar surface area (TPSA) is 26.3 Å². The Hall–Kier alpha value is 0.342. The van der Waals surface area contributed by atoms with Crippen LogP contribution in [0.5, 0.6) is 0 Å². The van der Waals surface area contributed by atoms with Crippen molar-refractivity contribution in [3.8, 4) is 0 Å². The van der Waals surface area contributed by atoms with Crippen molar-refractivity contribution in [2.45, 2.75) is 32.7 Å². The summed E-state index contributed by atoms with van der Waals surface area (Å²) in [6.07, 6.45) is 0. The molecule has 0 aliphatic rings. The molecule has 1 rings (SSSR count). The van der Waals surface area contributed by atoms with Crippen molar-refractivity contribution in [2.75, 3.05) is 0 Å². The molecule has 0 fully saturated rings. The van der Waals surface area contributed by atoms with Crippen LogP contribution >= 0.6 is 22.6 Å². The molecule has 1 aromatic rings. The number of hydrogen-bond acceptors (Lipinski definition) is 2. The fourth-order valence-electron chi connectivity index (χ4n) is 1.84. The minimum atomic E-state index is -2.75. The predicted octanol–water partition coefficient (Wildman–Crippen LogP) is 4.45. The molecule has 17 heavy (non-hydrogen) atoms. The molecule has 0 spiro atoms. The van der Waals surface area contributed by atoms with E-state index < -0.39 is 21.6 Å². The van der Waals surface area contributed by atoms with Crippen molar-refractivity contribution in [1.29, 1.82) is 0 Å². The number of carbonyl (C=O) groups is 1. The molecule has 0 aliphatic heterocycles. The van der Waals surface area contributed by atoms with Crippen LogP contribution in [0.2, 0.25) is 11.9 Å². The Morgan fingerprint density at radius 1 is 1.24 bits per heavy atom. The van der Waals surface area contributed by atoms with Gasteiger partial charge in [-0.05, 0) is 0 Å². The van der Waals surface area contributed by atoms with E-state index in [0.29, 0.717) is 5.56 Å². The third kappa shape index (κ3) is 4.18. The average molecular weight is 541 g/mol. The summed E-state index contributed by atoms with van der Waals surface area (Å²) >= 11 is -0.534. The van der Waals surface area contributed by atoms with Crippen LogP contribution in [0.3, 0.4) is 0 Å². The number of carbonyl (C=O) groups excluding carboxylic acids is 1. The van der Waals surface area contributed by atoms with Gasteiger partial charge in [0.25, 0.3) is 0 Å². The van der Waals surface area contributed by atoms with E-state index in [0.717, 1.165) is 15.5 Å². The van der Waals surface area contributed by atoms with E-state index in [4.69, 9.17) is 2.69 Å². The van der Waals surface area contributed by atoms with Crippen molar-refractivity contribution in [3.63, 3.8) is 0 Å². The van der Waals surface area contributed by atoms with E-state index in [-0.39, 0.29) is 5.97 Å². The summed E-state index contributed by atoms with van der Waals surface area (Å²) < 4.78 is 10.2. The van der Waals surface area contributed by atoms with Gasteiger partial charge in [0.2, 0.25) is 0 Å². The van der Waals surface area contributed by atoms with Crippen molar-refractivity contribution < 1.29 is 7.48 Å². The molecule has 2 nitrogen and oxygen atoms in total. The van der Waals surface area contributed by atoms with Crippen molar-refractivity contribution in [3.05, 3.63) is 33.4 Å². The molecule has 4 heteroatoms. The Kier molecular flexibility index (Phi) is 6.40. The van der Waals surface area contributed by atoms with Crippen molar-refractivity contribution >= 4 is 50.2 Å². The molecule has 0 atom stereocenters. The van der Waals surface area contributed by atoms with Crippen LogP contribution in [0.4, 0.5) is 0 Å². The Morgan fingerprint density at radius 3 is 2.29 bits per heavy atom. The van der Waals surface area contributed by atoms with E-state index in [9.17, 15) is 4.79 Å². The van der Waals surface area contributed by atoms with Gasteiger partial charge in [0.05, 0.1) is 0 Å². The van der Waals surface area contributed by atoms with Gasteiger partial charge >= 0.3 is 124 Å². The monoisotopic (exact) mass is 542 g/mol. The molecule has 0 N–H and O–H groups in total. The molecule has 0 radical (unpaired) electrons. The molecule has 0 saturated heterocycles. The Labute approximate surface area is 123 Å². The quantitative estimate of drug-likeness (QED) is 0.407. The third-order valence-electron chi connectivity index (χ3n) is 3.30. The van der Waals surface area contributed by atoms with E-state index in [1.807, 2.05) is 24.3 Å². The molecule has 0 aromatic heterocycles. The molecule has 0 heterocycles. The molecule has 0 aliphatic carbocycles. The molecule has 94 valence electrons. The van der Waals surface area contributed by atoms with Crippen LogP contribution in [0, 0.1) is 3.57 Å². The Morgan fingerprint density at radius 2 is 1.82 bits per heavy atom. The van der Waals surface area contributed by atoms with Crippen LogP contribution in [0.15, 0.2) is 24.3 Å². The molecule has 0 bridgehead atoms. The summed E-state index contributed by atoms with van der Waals surface area (Å²) in [7, 11) is 0. The predicted molar refractivity (Wildman–Crippen MR) is 81.8 cm³/mol. The molecule has 0 saturated carbocycles. The van der Waals surface area contributed by atoms with Crippen molar-refractivity contribution in [1.82, 2.24) is 0 Å². The Bertz CT molecular complexity index is 380. The van der Waals surface area contributed by atoms with Crippen LogP contribution in [-0.2, 0) is 2.69 Å².